The van der Waals surface area contributed by atoms with Gasteiger partial charge in [0.2, 0.25) is 5.91 Å². The third kappa shape index (κ3) is 10.6. The van der Waals surface area contributed by atoms with E-state index in [9.17, 15) is 14.7 Å². The van der Waals surface area contributed by atoms with E-state index < -0.39 is 12.1 Å². The summed E-state index contributed by atoms with van der Waals surface area (Å²) in [6.45, 7) is 7.46. The molecule has 0 aliphatic carbocycles. The first kappa shape index (κ1) is 30.6. The molecular weight excluding hydrogens is 496 g/mol. The van der Waals surface area contributed by atoms with Crippen LogP contribution in [0.4, 0.5) is 0 Å². The predicted octanol–water partition coefficient (Wildman–Crippen LogP) is 4.56. The molecule has 1 aliphatic heterocycles. The van der Waals surface area contributed by atoms with E-state index in [1.165, 1.54) is 0 Å². The minimum Gasteiger partial charge on any atom is -0.491 e. The number of ketones is 1. The molecule has 1 saturated heterocycles. The van der Waals surface area contributed by atoms with Gasteiger partial charge in [-0.3, -0.25) is 9.59 Å². The lowest BCUT2D eigenvalue weighted by atomic mass is 10.0. The van der Waals surface area contributed by atoms with Crippen molar-refractivity contribution in [1.29, 1.82) is 0 Å². The van der Waals surface area contributed by atoms with Crippen molar-refractivity contribution in [1.82, 2.24) is 10.2 Å². The second-order valence-electron chi connectivity index (χ2n) is 10.4. The number of aliphatic hydroxyl groups excluding tert-OH is 1. The maximum atomic E-state index is 12.8. The third-order valence-corrected chi connectivity index (χ3v) is 6.76. The summed E-state index contributed by atoms with van der Waals surface area (Å²) >= 11 is 0. The topological polar surface area (TPSA) is 97.3 Å². The number of amides is 1. The summed E-state index contributed by atoms with van der Waals surface area (Å²) in [5, 5.41) is 14.2. The Morgan fingerprint density at radius 3 is 2.21 bits per heavy atom. The van der Waals surface area contributed by atoms with Gasteiger partial charge in [0.25, 0.3) is 0 Å². The van der Waals surface area contributed by atoms with Crippen LogP contribution in [0.15, 0.2) is 48.5 Å². The fourth-order valence-electron chi connectivity index (χ4n) is 4.69. The summed E-state index contributed by atoms with van der Waals surface area (Å²) in [6, 6.07) is 14.1. The first-order valence-corrected chi connectivity index (χ1v) is 14.1. The SMILES string of the molecule is COCCOc1ccc(C(=O)CCCCC(=O)N[C@H](CN2CCCC2)[C@H](O)c2ccc(OC(C)C)cc2)cc1. The number of nitrogens with zero attached hydrogens (tertiary/aromatic N) is 1. The molecule has 0 aromatic heterocycles. The average Bonchev–Trinajstić information content (AvgIpc) is 3.44. The number of carbonyl (C=O) groups is 2. The predicted molar refractivity (Wildman–Crippen MR) is 151 cm³/mol. The highest BCUT2D eigenvalue weighted by molar-refractivity contribution is 5.96. The lowest BCUT2D eigenvalue weighted by molar-refractivity contribution is -0.123. The quantitative estimate of drug-likeness (QED) is 0.224. The van der Waals surface area contributed by atoms with Gasteiger partial charge in [-0.25, -0.2) is 0 Å². The number of carbonyl (C=O) groups excluding carboxylic acids is 2. The molecule has 214 valence electrons. The van der Waals surface area contributed by atoms with Gasteiger partial charge in [0, 0.05) is 32.1 Å². The van der Waals surface area contributed by atoms with Gasteiger partial charge in [0.1, 0.15) is 24.2 Å². The van der Waals surface area contributed by atoms with Crippen molar-refractivity contribution in [3.05, 3.63) is 59.7 Å². The van der Waals surface area contributed by atoms with Gasteiger partial charge >= 0.3 is 0 Å². The standard InChI is InChI=1S/C31H44N2O6/c1-23(2)39-27-16-12-25(13-17-27)31(36)28(22-33-18-6-7-19-33)32-30(35)9-5-4-8-29(34)24-10-14-26(15-11-24)38-21-20-37-3/h10-17,23,28,31,36H,4-9,18-22H2,1-3H3,(H,32,35)/t28-,31-/m1/s1. The molecule has 3 rings (SSSR count). The number of aliphatic hydroxyl groups is 1. The Morgan fingerprint density at radius 2 is 1.56 bits per heavy atom. The summed E-state index contributed by atoms with van der Waals surface area (Å²) in [4.78, 5) is 27.7. The second-order valence-corrected chi connectivity index (χ2v) is 10.4. The van der Waals surface area contributed by atoms with E-state index in [0.717, 1.165) is 37.2 Å². The fourth-order valence-corrected chi connectivity index (χ4v) is 4.69. The van der Waals surface area contributed by atoms with Crippen LogP contribution in [-0.4, -0.2) is 73.8 Å². The molecule has 0 radical (unpaired) electrons. The van der Waals surface area contributed by atoms with Crippen LogP contribution in [0.3, 0.4) is 0 Å². The van der Waals surface area contributed by atoms with Crippen LogP contribution in [0.1, 0.15) is 74.4 Å². The van der Waals surface area contributed by atoms with Gasteiger partial charge in [-0.2, -0.15) is 0 Å². The molecule has 0 saturated carbocycles. The van der Waals surface area contributed by atoms with Crippen molar-refractivity contribution >= 4 is 11.7 Å². The molecule has 0 spiro atoms. The number of rotatable bonds is 17. The Hall–Kier alpha value is -2.94. The molecule has 2 atom stereocenters. The van der Waals surface area contributed by atoms with Crippen LogP contribution in [0.25, 0.3) is 0 Å². The number of hydrogen-bond acceptors (Lipinski definition) is 7. The van der Waals surface area contributed by atoms with E-state index in [4.69, 9.17) is 14.2 Å². The largest absolute Gasteiger partial charge is 0.491 e. The maximum Gasteiger partial charge on any atom is 0.220 e. The molecule has 1 fully saturated rings. The van der Waals surface area contributed by atoms with Crippen molar-refractivity contribution in [2.75, 3.05) is 40.0 Å². The lowest BCUT2D eigenvalue weighted by Crippen LogP contribution is -2.46. The monoisotopic (exact) mass is 540 g/mol. The van der Waals surface area contributed by atoms with Crippen molar-refractivity contribution in [3.63, 3.8) is 0 Å². The van der Waals surface area contributed by atoms with Gasteiger partial charge in [-0.1, -0.05) is 12.1 Å². The van der Waals surface area contributed by atoms with E-state index in [0.29, 0.717) is 56.8 Å². The first-order chi connectivity index (χ1) is 18.9. The molecule has 8 nitrogen and oxygen atoms in total. The van der Waals surface area contributed by atoms with E-state index in [1.54, 1.807) is 31.4 Å². The van der Waals surface area contributed by atoms with Gasteiger partial charge in [-0.05, 0) is 94.6 Å². The van der Waals surface area contributed by atoms with Crippen molar-refractivity contribution in [2.24, 2.45) is 0 Å². The average molecular weight is 541 g/mol. The smallest absolute Gasteiger partial charge is 0.220 e. The van der Waals surface area contributed by atoms with E-state index in [1.807, 2.05) is 38.1 Å². The molecule has 1 aliphatic rings. The van der Waals surface area contributed by atoms with Crippen LogP contribution in [0.5, 0.6) is 11.5 Å². The fraction of sp³-hybridized carbons (Fsp3) is 0.548. The van der Waals surface area contributed by atoms with Crippen molar-refractivity contribution < 1.29 is 28.9 Å². The Bertz CT molecular complexity index is 1000. The Morgan fingerprint density at radius 1 is 0.923 bits per heavy atom. The summed E-state index contributed by atoms with van der Waals surface area (Å²) in [5.74, 6) is 1.39. The molecule has 1 heterocycles. The second kappa shape index (κ2) is 16.2. The van der Waals surface area contributed by atoms with Crippen molar-refractivity contribution in [3.8, 4) is 11.5 Å². The van der Waals surface area contributed by atoms with Gasteiger partial charge in [-0.15, -0.1) is 0 Å². The highest BCUT2D eigenvalue weighted by Crippen LogP contribution is 2.23. The Labute approximate surface area is 232 Å². The third-order valence-electron chi connectivity index (χ3n) is 6.76. The summed E-state index contributed by atoms with van der Waals surface area (Å²) in [7, 11) is 1.62. The number of Topliss-reactive ketones (excluding diaryl/α,β-unsaturated/α-hetero) is 1. The van der Waals surface area contributed by atoms with Crippen LogP contribution in [-0.2, 0) is 9.53 Å². The molecule has 2 N–H and O–H groups in total. The minimum atomic E-state index is -0.828. The number of methoxy groups -OCH3 is 1. The number of hydrogen-bond donors (Lipinski definition) is 2. The highest BCUT2D eigenvalue weighted by Gasteiger charge is 2.26. The molecule has 1 amide bonds. The summed E-state index contributed by atoms with van der Waals surface area (Å²) in [5.41, 5.74) is 1.38. The van der Waals surface area contributed by atoms with Crippen LogP contribution >= 0.6 is 0 Å². The van der Waals surface area contributed by atoms with Crippen LogP contribution in [0.2, 0.25) is 0 Å². The summed E-state index contributed by atoms with van der Waals surface area (Å²) < 4.78 is 16.2. The molecule has 39 heavy (non-hydrogen) atoms. The number of benzene rings is 2. The molecule has 2 aromatic rings. The van der Waals surface area contributed by atoms with Gasteiger partial charge in [0.15, 0.2) is 5.78 Å². The number of unbranched alkanes of at least 4 members (excludes halogenated alkanes) is 1. The molecular formula is C31H44N2O6. The van der Waals surface area contributed by atoms with E-state index in [2.05, 4.69) is 10.2 Å². The number of ether oxygens (including phenoxy) is 3. The molecule has 0 unspecified atom stereocenters. The van der Waals surface area contributed by atoms with Gasteiger partial charge in [0.05, 0.1) is 18.8 Å². The number of likely N-dealkylation sites (tertiary alicyclic amines) is 1. The van der Waals surface area contributed by atoms with E-state index in [-0.39, 0.29) is 17.8 Å². The Kier molecular flexibility index (Phi) is 12.7. The zero-order valence-electron chi connectivity index (χ0n) is 23.6. The first-order valence-electron chi connectivity index (χ1n) is 14.1. The van der Waals surface area contributed by atoms with Crippen LogP contribution in [0, 0.1) is 0 Å². The number of nitrogens with one attached hydrogen (secondary N) is 1. The highest BCUT2D eigenvalue weighted by atomic mass is 16.5. The van der Waals surface area contributed by atoms with Crippen LogP contribution < -0.4 is 14.8 Å². The molecule has 8 heteroatoms. The zero-order chi connectivity index (χ0) is 28.0. The summed E-state index contributed by atoms with van der Waals surface area (Å²) in [6.07, 6.45) is 3.42. The molecule has 2 aromatic carbocycles. The maximum absolute atomic E-state index is 12.8. The van der Waals surface area contributed by atoms with Crippen molar-refractivity contribution in [2.45, 2.75) is 70.6 Å². The Balaban J connectivity index is 1.47. The minimum absolute atomic E-state index is 0.0473. The molecule has 0 bridgehead atoms. The van der Waals surface area contributed by atoms with Gasteiger partial charge < -0.3 is 29.5 Å². The normalized spacial score (nSPS) is 15.2. The van der Waals surface area contributed by atoms with E-state index >= 15 is 0 Å². The zero-order valence-corrected chi connectivity index (χ0v) is 23.6. The lowest BCUT2D eigenvalue weighted by Gasteiger charge is -2.29.